The molecule has 3 aromatic rings. The van der Waals surface area contributed by atoms with E-state index < -0.39 is 0 Å². The minimum absolute atomic E-state index is 0.0310. The summed E-state index contributed by atoms with van der Waals surface area (Å²) in [6.45, 7) is 6.90. The number of piperidine rings is 1. The highest BCUT2D eigenvalue weighted by molar-refractivity contribution is 5.98. The highest BCUT2D eigenvalue weighted by Crippen LogP contribution is 2.25. The number of nitrogens with zero attached hydrogens (tertiary/aromatic N) is 4. The number of amides is 2. The number of pyridine rings is 1. The summed E-state index contributed by atoms with van der Waals surface area (Å²) in [5, 5.41) is 6.91. The van der Waals surface area contributed by atoms with Gasteiger partial charge in [0.25, 0.3) is 0 Å². The number of carbonyl (C=O) groups excluding carboxylic acids is 1. The molecule has 0 saturated carbocycles. The Balaban J connectivity index is 1.29. The van der Waals surface area contributed by atoms with Gasteiger partial charge in [0.15, 0.2) is 0 Å². The summed E-state index contributed by atoms with van der Waals surface area (Å²) in [7, 11) is 0. The highest BCUT2D eigenvalue weighted by Gasteiger charge is 2.28. The largest absolute Gasteiger partial charge is 0.384 e. The number of rotatable bonds is 7. The smallest absolute Gasteiger partial charge is 0.318 e. The summed E-state index contributed by atoms with van der Waals surface area (Å²) in [6, 6.07) is 24.1. The first-order valence-electron chi connectivity index (χ1n) is 14.8. The molecule has 2 N–H and O–H groups in total. The van der Waals surface area contributed by atoms with Crippen molar-refractivity contribution in [2.45, 2.75) is 45.7 Å². The predicted octanol–water partition coefficient (Wildman–Crippen LogP) is 6.48. The number of allylic oxidation sites excluding steroid dienone is 3. The van der Waals surface area contributed by atoms with E-state index in [2.05, 4.69) is 70.9 Å². The highest BCUT2D eigenvalue weighted by atomic mass is 16.2. The van der Waals surface area contributed by atoms with Gasteiger partial charge >= 0.3 is 6.03 Å². The molecule has 0 aliphatic carbocycles. The maximum absolute atomic E-state index is 13.5. The molecule has 7 heteroatoms. The first kappa shape index (κ1) is 29.0. The molecule has 5 rings (SSSR count). The molecular formula is C35H40N6O. The summed E-state index contributed by atoms with van der Waals surface area (Å²) < 4.78 is 0. The third-order valence-electron chi connectivity index (χ3n) is 7.96. The molecule has 0 atom stereocenters. The van der Waals surface area contributed by atoms with E-state index in [0.717, 1.165) is 58.6 Å². The van der Waals surface area contributed by atoms with Gasteiger partial charge in [0, 0.05) is 74.2 Å². The number of aromatic nitrogens is 1. The van der Waals surface area contributed by atoms with Crippen LogP contribution >= 0.6 is 0 Å². The van der Waals surface area contributed by atoms with E-state index in [1.54, 1.807) is 6.20 Å². The Kier molecular flexibility index (Phi) is 9.94. The van der Waals surface area contributed by atoms with Crippen LogP contribution < -0.4 is 10.6 Å². The molecule has 216 valence electrons. The van der Waals surface area contributed by atoms with Crippen molar-refractivity contribution in [3.63, 3.8) is 0 Å². The monoisotopic (exact) mass is 560 g/mol. The van der Waals surface area contributed by atoms with Gasteiger partial charge in [-0.25, -0.2) is 4.79 Å². The number of hydrogen-bond donors (Lipinski definition) is 2. The number of nitrogens with one attached hydrogen (secondary N) is 2. The van der Waals surface area contributed by atoms with Crippen LogP contribution in [-0.4, -0.2) is 47.5 Å². The van der Waals surface area contributed by atoms with Gasteiger partial charge in [0.1, 0.15) is 0 Å². The second-order valence-electron chi connectivity index (χ2n) is 10.9. The van der Waals surface area contributed by atoms with Gasteiger partial charge in [-0.05, 0) is 61.1 Å². The number of likely N-dealkylation sites (tertiary alicyclic amines) is 1. The van der Waals surface area contributed by atoms with Crippen LogP contribution in [0.15, 0.2) is 118 Å². The van der Waals surface area contributed by atoms with E-state index >= 15 is 0 Å². The first-order valence-corrected chi connectivity index (χ1v) is 14.8. The Labute approximate surface area is 249 Å². The Morgan fingerprint density at radius 3 is 2.29 bits per heavy atom. The van der Waals surface area contributed by atoms with Crippen LogP contribution in [0.25, 0.3) is 0 Å². The van der Waals surface area contributed by atoms with E-state index in [4.69, 9.17) is 4.99 Å². The summed E-state index contributed by atoms with van der Waals surface area (Å²) in [6.07, 6.45) is 10.4. The van der Waals surface area contributed by atoms with Crippen molar-refractivity contribution in [1.29, 1.82) is 0 Å². The summed E-state index contributed by atoms with van der Waals surface area (Å²) >= 11 is 0. The number of benzene rings is 2. The Morgan fingerprint density at radius 2 is 1.64 bits per heavy atom. The van der Waals surface area contributed by atoms with Crippen molar-refractivity contribution < 1.29 is 4.79 Å². The van der Waals surface area contributed by atoms with Gasteiger partial charge in [-0.3, -0.25) is 15.0 Å². The molecule has 1 fully saturated rings. The van der Waals surface area contributed by atoms with Crippen molar-refractivity contribution in [3.05, 3.63) is 125 Å². The molecule has 2 aliphatic rings. The topological polar surface area (TPSA) is 82.0 Å². The molecule has 2 aliphatic heterocycles. The molecule has 7 nitrogen and oxygen atoms in total. The van der Waals surface area contributed by atoms with Crippen molar-refractivity contribution in [2.75, 3.05) is 19.6 Å². The fourth-order valence-corrected chi connectivity index (χ4v) is 5.35. The zero-order chi connectivity index (χ0) is 29.1. The SMILES string of the molecule is C\C1=C(C)/N=C(C2CCN(C(=O)NC(c3ccccc3)c3ccccc3)CC2)\C=C(\NCc2cccnc2)CCN=C1. The molecule has 1 aromatic heterocycles. The lowest BCUT2D eigenvalue weighted by Gasteiger charge is -2.34. The molecule has 0 unspecified atom stereocenters. The van der Waals surface area contributed by atoms with Crippen LogP contribution in [0.4, 0.5) is 4.79 Å². The van der Waals surface area contributed by atoms with Crippen LogP contribution in [0, 0.1) is 5.92 Å². The van der Waals surface area contributed by atoms with Crippen LogP contribution in [0.5, 0.6) is 0 Å². The van der Waals surface area contributed by atoms with Gasteiger partial charge in [0.05, 0.1) is 6.04 Å². The lowest BCUT2D eigenvalue weighted by atomic mass is 9.90. The third kappa shape index (κ3) is 7.81. The van der Waals surface area contributed by atoms with Crippen LogP contribution in [0.3, 0.4) is 0 Å². The van der Waals surface area contributed by atoms with Crippen molar-refractivity contribution in [3.8, 4) is 0 Å². The lowest BCUT2D eigenvalue weighted by molar-refractivity contribution is 0.178. The van der Waals surface area contributed by atoms with Gasteiger partial charge in [0.2, 0.25) is 0 Å². The number of carbonyl (C=O) groups is 1. The minimum atomic E-state index is -0.200. The Hall–Kier alpha value is -4.52. The average Bonchev–Trinajstić information content (AvgIpc) is 3.04. The zero-order valence-electron chi connectivity index (χ0n) is 24.5. The standard InChI is InChI=1S/C35H40N6O/c1-26-23-37-19-15-32(38-25-28-10-9-18-36-24-28)22-33(39-27(26)2)29-16-20-41(21-17-29)35(42)40-34(30-11-5-3-6-12-30)31-13-7-4-8-14-31/h3-14,18,22-24,29,34,38H,15-17,19-21,25H2,1-2H3,(H,40,42)/b27-26+,32-22+,37-23?,39-33+. The second-order valence-corrected chi connectivity index (χ2v) is 10.9. The quantitative estimate of drug-likeness (QED) is 0.347. The third-order valence-corrected chi connectivity index (χ3v) is 7.96. The van der Waals surface area contributed by atoms with Crippen LogP contribution in [-0.2, 0) is 6.54 Å². The number of urea groups is 1. The molecule has 0 radical (unpaired) electrons. The number of hydrogen-bond acceptors (Lipinski definition) is 5. The fourth-order valence-electron chi connectivity index (χ4n) is 5.35. The van der Waals surface area contributed by atoms with E-state index in [9.17, 15) is 4.79 Å². The maximum Gasteiger partial charge on any atom is 0.318 e. The fraction of sp³-hybridized carbons (Fsp3) is 0.314. The average molecular weight is 561 g/mol. The zero-order valence-corrected chi connectivity index (χ0v) is 24.5. The molecule has 0 bridgehead atoms. The van der Waals surface area contributed by atoms with Crippen molar-refractivity contribution in [2.24, 2.45) is 15.9 Å². The molecule has 1 saturated heterocycles. The van der Waals surface area contributed by atoms with E-state index in [1.807, 2.05) is 59.8 Å². The van der Waals surface area contributed by atoms with E-state index in [-0.39, 0.29) is 18.0 Å². The summed E-state index contributed by atoms with van der Waals surface area (Å²) in [5.41, 5.74) is 7.52. The van der Waals surface area contributed by atoms with Crippen LogP contribution in [0.1, 0.15) is 55.8 Å². The van der Waals surface area contributed by atoms with Gasteiger partial charge in [-0.1, -0.05) is 66.7 Å². The van der Waals surface area contributed by atoms with E-state index in [1.165, 1.54) is 0 Å². The second kappa shape index (κ2) is 14.4. The van der Waals surface area contributed by atoms with Gasteiger partial charge < -0.3 is 15.5 Å². The molecular weight excluding hydrogens is 520 g/mol. The molecule has 3 heterocycles. The van der Waals surface area contributed by atoms with Crippen LogP contribution in [0.2, 0.25) is 0 Å². The maximum atomic E-state index is 13.5. The van der Waals surface area contributed by atoms with Crippen molar-refractivity contribution >= 4 is 18.0 Å². The molecule has 2 aromatic carbocycles. The van der Waals surface area contributed by atoms with Gasteiger partial charge in [-0.15, -0.1) is 0 Å². The summed E-state index contributed by atoms with van der Waals surface area (Å²) in [5.74, 6) is 0.266. The Bertz CT molecular complexity index is 1400. The molecule has 0 spiro atoms. The minimum Gasteiger partial charge on any atom is -0.384 e. The molecule has 42 heavy (non-hydrogen) atoms. The first-order chi connectivity index (χ1) is 20.6. The lowest BCUT2D eigenvalue weighted by Crippen LogP contribution is -2.46. The summed E-state index contributed by atoms with van der Waals surface area (Å²) in [4.78, 5) is 29.4. The Morgan fingerprint density at radius 1 is 0.952 bits per heavy atom. The van der Waals surface area contributed by atoms with E-state index in [0.29, 0.717) is 26.2 Å². The number of aliphatic imine (C=N–C) groups is 2. The molecule has 2 amide bonds. The predicted molar refractivity (Wildman–Crippen MR) is 171 cm³/mol. The van der Waals surface area contributed by atoms with Crippen molar-refractivity contribution in [1.82, 2.24) is 20.5 Å². The normalized spacial score (nSPS) is 20.8. The van der Waals surface area contributed by atoms with Gasteiger partial charge in [-0.2, -0.15) is 0 Å².